The Hall–Kier alpha value is -2.28. The highest BCUT2D eigenvalue weighted by molar-refractivity contribution is 5.82. The van der Waals surface area contributed by atoms with Crippen molar-refractivity contribution in [1.82, 2.24) is 14.8 Å². The van der Waals surface area contributed by atoms with E-state index in [2.05, 4.69) is 10.3 Å². The molecule has 3 rings (SSSR count). The van der Waals surface area contributed by atoms with Crippen LogP contribution in [0.3, 0.4) is 0 Å². The number of hydrogen-bond acceptors (Lipinski definition) is 6. The minimum Gasteiger partial charge on any atom is -0.379 e. The minimum absolute atomic E-state index is 0.204. The van der Waals surface area contributed by atoms with Gasteiger partial charge in [0, 0.05) is 52.4 Å². The van der Waals surface area contributed by atoms with E-state index in [4.69, 9.17) is 4.74 Å². The molecular formula is C17H21F6N5O2. The van der Waals surface area contributed by atoms with Crippen LogP contribution in [-0.2, 0) is 9.53 Å². The van der Waals surface area contributed by atoms with Gasteiger partial charge in [0.15, 0.2) is 11.6 Å². The Morgan fingerprint density at radius 1 is 0.967 bits per heavy atom. The van der Waals surface area contributed by atoms with E-state index in [0.717, 1.165) is 0 Å². The highest BCUT2D eigenvalue weighted by atomic mass is 19.4. The van der Waals surface area contributed by atoms with Crippen molar-refractivity contribution in [3.8, 4) is 0 Å². The monoisotopic (exact) mass is 441 g/mol. The summed E-state index contributed by atoms with van der Waals surface area (Å²) in [5.74, 6) is -7.70. The summed E-state index contributed by atoms with van der Waals surface area (Å²) < 4.78 is 85.2. The second kappa shape index (κ2) is 9.25. The van der Waals surface area contributed by atoms with Crippen molar-refractivity contribution in [3.05, 3.63) is 17.5 Å². The minimum atomic E-state index is -5.01. The largest absolute Gasteiger partial charge is 0.471 e. The van der Waals surface area contributed by atoms with E-state index in [1.807, 2.05) is 4.90 Å². The lowest BCUT2D eigenvalue weighted by Crippen LogP contribution is -2.52. The van der Waals surface area contributed by atoms with Crippen molar-refractivity contribution >= 4 is 17.5 Å². The van der Waals surface area contributed by atoms with Crippen molar-refractivity contribution in [2.75, 3.05) is 75.8 Å². The fraction of sp³-hybridized carbons (Fsp3) is 0.647. The van der Waals surface area contributed by atoms with Gasteiger partial charge in [0.25, 0.3) is 0 Å². The molecule has 2 aliphatic rings. The van der Waals surface area contributed by atoms with E-state index in [1.54, 1.807) is 0 Å². The van der Waals surface area contributed by atoms with Gasteiger partial charge in [-0.25, -0.2) is 9.37 Å². The maximum absolute atomic E-state index is 14.3. The first-order valence-electron chi connectivity index (χ1n) is 9.38. The van der Waals surface area contributed by atoms with Crippen LogP contribution in [0, 0.1) is 17.5 Å². The number of pyridine rings is 1. The summed E-state index contributed by atoms with van der Waals surface area (Å²) in [7, 11) is 0. The van der Waals surface area contributed by atoms with Crippen LogP contribution in [0.5, 0.6) is 0 Å². The summed E-state index contributed by atoms with van der Waals surface area (Å²) in [5, 5.41) is 2.64. The first kappa shape index (κ1) is 22.4. The second-order valence-electron chi connectivity index (χ2n) is 6.88. The molecule has 2 aliphatic heterocycles. The predicted octanol–water partition coefficient (Wildman–Crippen LogP) is 1.45. The van der Waals surface area contributed by atoms with E-state index < -0.39 is 41.2 Å². The predicted molar refractivity (Wildman–Crippen MR) is 94.7 cm³/mol. The van der Waals surface area contributed by atoms with Gasteiger partial charge in [-0.05, 0) is 0 Å². The molecule has 1 aromatic heterocycles. The lowest BCUT2D eigenvalue weighted by Gasteiger charge is -2.35. The number of nitrogens with one attached hydrogen (secondary N) is 1. The van der Waals surface area contributed by atoms with Gasteiger partial charge in [-0.1, -0.05) is 0 Å². The van der Waals surface area contributed by atoms with Gasteiger partial charge in [0.1, 0.15) is 0 Å². The molecular weight excluding hydrogens is 420 g/mol. The third-order valence-corrected chi connectivity index (χ3v) is 4.94. The number of anilines is 2. The molecule has 0 saturated carbocycles. The van der Waals surface area contributed by atoms with Crippen LogP contribution in [0.2, 0.25) is 0 Å². The molecule has 0 spiro atoms. The van der Waals surface area contributed by atoms with Crippen molar-refractivity contribution in [2.24, 2.45) is 0 Å². The fourth-order valence-corrected chi connectivity index (χ4v) is 3.29. The first-order valence-corrected chi connectivity index (χ1v) is 9.38. The average Bonchev–Trinajstić information content (AvgIpc) is 2.73. The third-order valence-electron chi connectivity index (χ3n) is 4.94. The molecule has 0 unspecified atom stereocenters. The molecule has 7 nitrogen and oxygen atoms in total. The van der Waals surface area contributed by atoms with Crippen molar-refractivity contribution in [1.29, 1.82) is 0 Å². The molecule has 168 valence electrons. The molecule has 30 heavy (non-hydrogen) atoms. The Labute approximate surface area is 168 Å². The maximum atomic E-state index is 14.3. The van der Waals surface area contributed by atoms with Crippen molar-refractivity contribution < 1.29 is 35.9 Å². The number of piperazine rings is 1. The number of aromatic nitrogens is 1. The third kappa shape index (κ3) is 5.06. The van der Waals surface area contributed by atoms with Crippen LogP contribution in [0.1, 0.15) is 0 Å². The van der Waals surface area contributed by atoms with E-state index >= 15 is 0 Å². The molecule has 1 amide bonds. The second-order valence-corrected chi connectivity index (χ2v) is 6.88. The van der Waals surface area contributed by atoms with Crippen LogP contribution >= 0.6 is 0 Å². The van der Waals surface area contributed by atoms with E-state index in [9.17, 15) is 31.1 Å². The molecule has 0 aliphatic carbocycles. The van der Waals surface area contributed by atoms with E-state index in [1.165, 1.54) is 4.90 Å². The first-order chi connectivity index (χ1) is 14.2. The molecule has 0 atom stereocenters. The standard InChI is InChI=1S/C17H21F6N5O2/c18-11-12(19)14(24-1-2-26-7-9-30-10-8-26)25-15(13(11)20)27-3-5-28(6-4-27)16(29)17(21,22)23/h1-10H2,(H,24,25). The van der Waals surface area contributed by atoms with Crippen molar-refractivity contribution in [3.63, 3.8) is 0 Å². The number of carbonyl (C=O) groups is 1. The van der Waals surface area contributed by atoms with Crippen LogP contribution in [0.15, 0.2) is 0 Å². The summed E-state index contributed by atoms with van der Waals surface area (Å²) in [4.78, 5) is 18.9. The summed E-state index contributed by atoms with van der Waals surface area (Å²) in [5.41, 5.74) is 0. The topological polar surface area (TPSA) is 60.9 Å². The Balaban J connectivity index is 1.65. The molecule has 13 heteroatoms. The Bertz CT molecular complexity index is 764. The van der Waals surface area contributed by atoms with E-state index in [0.29, 0.717) is 37.7 Å². The number of nitrogens with zero attached hydrogens (tertiary/aromatic N) is 4. The van der Waals surface area contributed by atoms with Crippen LogP contribution in [0.25, 0.3) is 0 Å². The zero-order valence-electron chi connectivity index (χ0n) is 15.9. The molecule has 1 aromatic rings. The Kier molecular flexibility index (Phi) is 6.91. The average molecular weight is 441 g/mol. The lowest BCUT2D eigenvalue weighted by atomic mass is 10.2. The molecule has 2 saturated heterocycles. The number of ether oxygens (including phenoxy) is 1. The molecule has 3 heterocycles. The smallest absolute Gasteiger partial charge is 0.379 e. The summed E-state index contributed by atoms with van der Waals surface area (Å²) in [6.45, 7) is 2.17. The molecule has 0 aromatic carbocycles. The summed E-state index contributed by atoms with van der Waals surface area (Å²) in [6.07, 6.45) is -5.01. The molecule has 0 bridgehead atoms. The lowest BCUT2D eigenvalue weighted by molar-refractivity contribution is -0.185. The van der Waals surface area contributed by atoms with Gasteiger partial charge in [-0.2, -0.15) is 22.0 Å². The highest BCUT2D eigenvalue weighted by Gasteiger charge is 2.43. The zero-order chi connectivity index (χ0) is 21.9. The number of carbonyl (C=O) groups excluding carboxylic acids is 1. The fourth-order valence-electron chi connectivity index (χ4n) is 3.29. The number of halogens is 6. The van der Waals surface area contributed by atoms with Gasteiger partial charge < -0.3 is 19.9 Å². The number of rotatable bonds is 5. The van der Waals surface area contributed by atoms with Gasteiger partial charge in [-0.3, -0.25) is 9.69 Å². The zero-order valence-corrected chi connectivity index (χ0v) is 15.9. The summed E-state index contributed by atoms with van der Waals surface area (Å²) >= 11 is 0. The van der Waals surface area contributed by atoms with Gasteiger partial charge >= 0.3 is 12.1 Å². The maximum Gasteiger partial charge on any atom is 0.471 e. The number of amides is 1. The molecule has 0 radical (unpaired) electrons. The Morgan fingerprint density at radius 3 is 2.20 bits per heavy atom. The van der Waals surface area contributed by atoms with Gasteiger partial charge in [-0.15, -0.1) is 0 Å². The van der Waals surface area contributed by atoms with Crippen molar-refractivity contribution in [2.45, 2.75) is 6.18 Å². The molecule has 1 N–H and O–H groups in total. The van der Waals surface area contributed by atoms with Crippen LogP contribution in [-0.4, -0.2) is 92.4 Å². The van der Waals surface area contributed by atoms with Gasteiger partial charge in [0.2, 0.25) is 17.5 Å². The molecule has 2 fully saturated rings. The van der Waals surface area contributed by atoms with Crippen LogP contribution < -0.4 is 10.2 Å². The van der Waals surface area contributed by atoms with Crippen LogP contribution in [0.4, 0.5) is 38.0 Å². The van der Waals surface area contributed by atoms with Gasteiger partial charge in [0.05, 0.1) is 13.2 Å². The Morgan fingerprint density at radius 2 is 1.60 bits per heavy atom. The van der Waals surface area contributed by atoms with E-state index in [-0.39, 0.29) is 32.7 Å². The highest BCUT2D eigenvalue weighted by Crippen LogP contribution is 2.27. The number of hydrogen-bond donors (Lipinski definition) is 1. The normalized spacial score (nSPS) is 18.6. The number of alkyl halides is 3. The summed E-state index contributed by atoms with van der Waals surface area (Å²) in [6, 6.07) is 0. The SMILES string of the molecule is O=C(N1CCN(c2nc(NCCN3CCOCC3)c(F)c(F)c2F)CC1)C(F)(F)F. The number of morpholine rings is 1. The quantitative estimate of drug-likeness (QED) is 0.699.